The van der Waals surface area contributed by atoms with Gasteiger partial charge < -0.3 is 0 Å². The lowest BCUT2D eigenvalue weighted by molar-refractivity contribution is 0.100. The summed E-state index contributed by atoms with van der Waals surface area (Å²) in [5.41, 5.74) is 5.85. The van der Waals surface area contributed by atoms with Gasteiger partial charge in [0.05, 0.1) is 0 Å². The highest BCUT2D eigenvalue weighted by atomic mass is 16.1. The molecular formula is C28H22O2. The Morgan fingerprint density at radius 2 is 1.07 bits per heavy atom. The van der Waals surface area contributed by atoms with E-state index < -0.39 is 0 Å². The van der Waals surface area contributed by atoms with E-state index in [9.17, 15) is 9.59 Å². The molecular weight excluding hydrogens is 368 g/mol. The number of rotatable bonds is 5. The average Bonchev–Trinajstić information content (AvgIpc) is 2.79. The summed E-state index contributed by atoms with van der Waals surface area (Å²) < 4.78 is 0. The van der Waals surface area contributed by atoms with Crippen LogP contribution in [0, 0.1) is 13.8 Å². The van der Waals surface area contributed by atoms with Crippen LogP contribution in [0.15, 0.2) is 97.1 Å². The fourth-order valence-electron chi connectivity index (χ4n) is 3.55. The van der Waals surface area contributed by atoms with Gasteiger partial charge in [-0.15, -0.1) is 0 Å². The summed E-state index contributed by atoms with van der Waals surface area (Å²) in [7, 11) is 0. The Balaban J connectivity index is 1.92. The summed E-state index contributed by atoms with van der Waals surface area (Å²) in [5.74, 6) is -0.298. The Labute approximate surface area is 176 Å². The minimum atomic E-state index is -0.150. The molecule has 0 aromatic heterocycles. The molecule has 4 aromatic rings. The Morgan fingerprint density at radius 3 is 1.63 bits per heavy atom. The quantitative estimate of drug-likeness (QED) is 0.368. The molecule has 0 N–H and O–H groups in total. The Morgan fingerprint density at radius 1 is 0.533 bits per heavy atom. The van der Waals surface area contributed by atoms with Crippen molar-refractivity contribution in [2.24, 2.45) is 0 Å². The lowest BCUT2D eigenvalue weighted by Crippen LogP contribution is -2.13. The molecule has 0 heterocycles. The maximum Gasteiger partial charge on any atom is 0.194 e. The summed E-state index contributed by atoms with van der Waals surface area (Å²) >= 11 is 0. The van der Waals surface area contributed by atoms with Gasteiger partial charge in [-0.25, -0.2) is 0 Å². The van der Waals surface area contributed by atoms with E-state index >= 15 is 0 Å². The Bertz CT molecular complexity index is 1200. The first-order valence-corrected chi connectivity index (χ1v) is 9.96. The number of aryl methyl sites for hydroxylation is 2. The third-order valence-electron chi connectivity index (χ3n) is 5.25. The molecule has 2 nitrogen and oxygen atoms in total. The maximum absolute atomic E-state index is 13.6. The molecule has 0 unspecified atom stereocenters. The predicted octanol–water partition coefficient (Wildman–Crippen LogP) is 6.43. The molecule has 0 bridgehead atoms. The molecule has 146 valence electrons. The van der Waals surface area contributed by atoms with E-state index in [1.54, 1.807) is 6.07 Å². The van der Waals surface area contributed by atoms with Crippen molar-refractivity contribution in [1.82, 2.24) is 0 Å². The van der Waals surface area contributed by atoms with Gasteiger partial charge in [0.2, 0.25) is 0 Å². The van der Waals surface area contributed by atoms with E-state index in [2.05, 4.69) is 0 Å². The van der Waals surface area contributed by atoms with E-state index in [1.165, 1.54) is 0 Å². The molecule has 0 saturated heterocycles. The van der Waals surface area contributed by atoms with Crippen LogP contribution in [0.1, 0.15) is 43.0 Å². The van der Waals surface area contributed by atoms with Gasteiger partial charge in [-0.2, -0.15) is 0 Å². The van der Waals surface area contributed by atoms with Crippen LogP contribution in [0.2, 0.25) is 0 Å². The van der Waals surface area contributed by atoms with Crippen LogP contribution in [-0.4, -0.2) is 11.6 Å². The number of carbonyl (C=O) groups is 2. The van der Waals surface area contributed by atoms with Gasteiger partial charge in [0.15, 0.2) is 11.6 Å². The molecule has 0 atom stereocenters. The van der Waals surface area contributed by atoms with Crippen molar-refractivity contribution in [3.8, 4) is 11.1 Å². The molecule has 0 saturated carbocycles. The fraction of sp³-hybridized carbons (Fsp3) is 0.0714. The highest BCUT2D eigenvalue weighted by Gasteiger charge is 2.23. The highest BCUT2D eigenvalue weighted by molar-refractivity contribution is 6.22. The second-order valence-corrected chi connectivity index (χ2v) is 7.48. The lowest BCUT2D eigenvalue weighted by Gasteiger charge is -2.14. The zero-order chi connectivity index (χ0) is 21.1. The molecule has 0 radical (unpaired) electrons. The molecule has 0 aliphatic carbocycles. The van der Waals surface area contributed by atoms with Crippen molar-refractivity contribution in [3.63, 3.8) is 0 Å². The van der Waals surface area contributed by atoms with Crippen molar-refractivity contribution in [2.45, 2.75) is 13.8 Å². The van der Waals surface area contributed by atoms with Crippen LogP contribution in [0.3, 0.4) is 0 Å². The number of benzene rings is 4. The molecule has 4 aromatic carbocycles. The summed E-state index contributed by atoms with van der Waals surface area (Å²) in [4.78, 5) is 27.0. The highest BCUT2D eigenvalue weighted by Crippen LogP contribution is 2.30. The number of hydrogen-bond donors (Lipinski definition) is 0. The van der Waals surface area contributed by atoms with Crippen LogP contribution < -0.4 is 0 Å². The molecule has 2 heteroatoms. The van der Waals surface area contributed by atoms with Crippen LogP contribution in [0.4, 0.5) is 0 Å². The van der Waals surface area contributed by atoms with Gasteiger partial charge in [0.25, 0.3) is 0 Å². The summed E-state index contributed by atoms with van der Waals surface area (Å²) in [5, 5.41) is 0. The van der Waals surface area contributed by atoms with E-state index in [-0.39, 0.29) is 11.6 Å². The van der Waals surface area contributed by atoms with Gasteiger partial charge in [0, 0.05) is 22.3 Å². The first-order valence-electron chi connectivity index (χ1n) is 9.96. The van der Waals surface area contributed by atoms with E-state index in [0.29, 0.717) is 22.3 Å². The Kier molecular flexibility index (Phi) is 5.40. The normalized spacial score (nSPS) is 10.6. The molecule has 30 heavy (non-hydrogen) atoms. The van der Waals surface area contributed by atoms with Crippen LogP contribution in [0.25, 0.3) is 11.1 Å². The van der Waals surface area contributed by atoms with Gasteiger partial charge in [0.1, 0.15) is 0 Å². The molecule has 0 spiro atoms. The third kappa shape index (κ3) is 3.85. The van der Waals surface area contributed by atoms with E-state index in [4.69, 9.17) is 0 Å². The predicted molar refractivity (Wildman–Crippen MR) is 121 cm³/mol. The van der Waals surface area contributed by atoms with Crippen LogP contribution in [-0.2, 0) is 0 Å². The number of hydrogen-bond acceptors (Lipinski definition) is 2. The minimum absolute atomic E-state index is 0.148. The van der Waals surface area contributed by atoms with Gasteiger partial charge >= 0.3 is 0 Å². The average molecular weight is 390 g/mol. The van der Waals surface area contributed by atoms with Crippen LogP contribution in [0.5, 0.6) is 0 Å². The third-order valence-corrected chi connectivity index (χ3v) is 5.25. The SMILES string of the molecule is Cc1ccc(C(=O)c2cccc(-c3ccccc3)c2C(=O)c2ccc(C)cc2)cc1. The topological polar surface area (TPSA) is 34.1 Å². The molecule has 0 aliphatic heterocycles. The summed E-state index contributed by atoms with van der Waals surface area (Å²) in [6.45, 7) is 3.97. The largest absolute Gasteiger partial charge is 0.289 e. The fourth-order valence-corrected chi connectivity index (χ4v) is 3.55. The van der Waals surface area contributed by atoms with E-state index in [0.717, 1.165) is 22.3 Å². The standard InChI is InChI=1S/C28H22O2/c1-19-11-15-22(16-12-19)27(29)25-10-6-9-24(21-7-4-3-5-8-21)26(25)28(30)23-17-13-20(2)14-18-23/h3-18H,1-2H3. The van der Waals surface area contributed by atoms with Crippen molar-refractivity contribution >= 4 is 11.6 Å². The Hall–Kier alpha value is -3.78. The van der Waals surface area contributed by atoms with Crippen LogP contribution >= 0.6 is 0 Å². The first kappa shape index (κ1) is 19.5. The number of carbonyl (C=O) groups excluding carboxylic acids is 2. The second-order valence-electron chi connectivity index (χ2n) is 7.48. The van der Waals surface area contributed by atoms with Crippen molar-refractivity contribution in [2.75, 3.05) is 0 Å². The van der Waals surface area contributed by atoms with E-state index in [1.807, 2.05) is 105 Å². The molecule has 4 rings (SSSR count). The monoisotopic (exact) mass is 390 g/mol. The first-order chi connectivity index (χ1) is 14.5. The molecule has 0 aliphatic rings. The smallest absolute Gasteiger partial charge is 0.194 e. The van der Waals surface area contributed by atoms with Crippen molar-refractivity contribution < 1.29 is 9.59 Å². The zero-order valence-electron chi connectivity index (χ0n) is 17.1. The number of ketones is 2. The minimum Gasteiger partial charge on any atom is -0.289 e. The van der Waals surface area contributed by atoms with Gasteiger partial charge in [-0.3, -0.25) is 9.59 Å². The van der Waals surface area contributed by atoms with Crippen molar-refractivity contribution in [1.29, 1.82) is 0 Å². The van der Waals surface area contributed by atoms with Crippen molar-refractivity contribution in [3.05, 3.63) is 130 Å². The van der Waals surface area contributed by atoms with Gasteiger partial charge in [-0.1, -0.05) is 108 Å². The maximum atomic E-state index is 13.6. The van der Waals surface area contributed by atoms with Gasteiger partial charge in [-0.05, 0) is 25.0 Å². The summed E-state index contributed by atoms with van der Waals surface area (Å²) in [6, 6.07) is 30.1. The summed E-state index contributed by atoms with van der Waals surface area (Å²) in [6.07, 6.45) is 0. The lowest BCUT2D eigenvalue weighted by atomic mass is 9.87. The second kappa shape index (κ2) is 8.30. The molecule has 0 fully saturated rings. The molecule has 0 amide bonds. The zero-order valence-corrected chi connectivity index (χ0v) is 17.1.